The molecular formula is C12H23NO. The Labute approximate surface area is 87.7 Å². The van der Waals surface area contributed by atoms with Gasteiger partial charge in [-0.2, -0.15) is 0 Å². The molecule has 0 radical (unpaired) electrons. The topological polar surface area (TPSA) is 20.3 Å². The molecule has 1 rings (SSSR count). The minimum Gasteiger partial charge on any atom is -0.309 e. The van der Waals surface area contributed by atoms with Gasteiger partial charge >= 0.3 is 0 Å². The Hall–Kier alpha value is -0.370. The molecule has 0 heterocycles. The smallest absolute Gasteiger partial charge is 0.134 e. The minimum atomic E-state index is 0.183. The maximum Gasteiger partial charge on any atom is 0.134 e. The Morgan fingerprint density at radius 3 is 2.21 bits per heavy atom. The second-order valence-corrected chi connectivity index (χ2v) is 6.28. The summed E-state index contributed by atoms with van der Waals surface area (Å²) in [4.78, 5) is 13.8. The molecule has 0 spiro atoms. The summed E-state index contributed by atoms with van der Waals surface area (Å²) in [6, 6.07) is 0. The Morgan fingerprint density at radius 2 is 1.79 bits per heavy atom. The number of Topliss-reactive ketones (excluding diaryl/α,β-unsaturated/α-hetero) is 1. The normalized spacial score (nSPS) is 32.3. The third kappa shape index (κ3) is 3.09. The third-order valence-corrected chi connectivity index (χ3v) is 2.90. The Morgan fingerprint density at radius 1 is 1.21 bits per heavy atom. The molecule has 0 bridgehead atoms. The van der Waals surface area contributed by atoms with Crippen molar-refractivity contribution in [2.24, 2.45) is 10.8 Å². The average Bonchev–Trinajstić information content (AvgIpc) is 1.74. The van der Waals surface area contributed by atoms with Crippen molar-refractivity contribution >= 4 is 5.78 Å². The summed E-state index contributed by atoms with van der Waals surface area (Å²) in [6.07, 6.45) is 2.68. The van der Waals surface area contributed by atoms with Gasteiger partial charge in [-0.3, -0.25) is 4.79 Å². The minimum absolute atomic E-state index is 0.183. The Kier molecular flexibility index (Phi) is 3.05. The van der Waals surface area contributed by atoms with Gasteiger partial charge in [0.05, 0.1) is 0 Å². The van der Waals surface area contributed by atoms with Crippen LogP contribution in [-0.4, -0.2) is 31.3 Å². The van der Waals surface area contributed by atoms with Gasteiger partial charge in [-0.1, -0.05) is 20.8 Å². The van der Waals surface area contributed by atoms with Crippen LogP contribution in [0.25, 0.3) is 0 Å². The molecule has 0 aromatic heterocycles. The molecule has 0 aromatic carbocycles. The molecule has 0 aliphatic heterocycles. The maximum atomic E-state index is 11.7. The summed E-state index contributed by atoms with van der Waals surface area (Å²) in [5, 5.41) is 0. The van der Waals surface area contributed by atoms with Gasteiger partial charge in [0.1, 0.15) is 5.78 Å². The van der Waals surface area contributed by atoms with Gasteiger partial charge < -0.3 is 4.90 Å². The van der Waals surface area contributed by atoms with Crippen molar-refractivity contribution in [3.63, 3.8) is 0 Å². The molecule has 2 nitrogen and oxygen atoms in total. The van der Waals surface area contributed by atoms with E-state index in [0.717, 1.165) is 25.8 Å². The van der Waals surface area contributed by atoms with E-state index in [4.69, 9.17) is 0 Å². The molecule has 1 unspecified atom stereocenters. The summed E-state index contributed by atoms with van der Waals surface area (Å²) >= 11 is 0. The van der Waals surface area contributed by atoms with Crippen LogP contribution in [0.5, 0.6) is 0 Å². The zero-order valence-corrected chi connectivity index (χ0v) is 10.2. The van der Waals surface area contributed by atoms with E-state index in [1.165, 1.54) is 0 Å². The van der Waals surface area contributed by atoms with Gasteiger partial charge in [-0.25, -0.2) is 0 Å². The van der Waals surface area contributed by atoms with Gasteiger partial charge in [0.2, 0.25) is 0 Å². The molecule has 82 valence electrons. The molecule has 1 aliphatic rings. The number of nitrogens with zero attached hydrogens (tertiary/aromatic N) is 1. The third-order valence-electron chi connectivity index (χ3n) is 2.90. The van der Waals surface area contributed by atoms with E-state index >= 15 is 0 Å². The van der Waals surface area contributed by atoms with Gasteiger partial charge in [0, 0.05) is 19.4 Å². The lowest BCUT2D eigenvalue weighted by Crippen LogP contribution is -2.41. The van der Waals surface area contributed by atoms with Gasteiger partial charge in [-0.15, -0.1) is 0 Å². The molecule has 1 saturated carbocycles. The number of hydrogen-bond acceptors (Lipinski definition) is 2. The first-order valence-electron chi connectivity index (χ1n) is 5.39. The highest BCUT2D eigenvalue weighted by Gasteiger charge is 2.40. The lowest BCUT2D eigenvalue weighted by molar-refractivity contribution is -0.128. The van der Waals surface area contributed by atoms with Crippen LogP contribution in [0.3, 0.4) is 0 Å². The Balaban J connectivity index is 2.74. The second kappa shape index (κ2) is 3.65. The van der Waals surface area contributed by atoms with Crippen LogP contribution in [0.2, 0.25) is 0 Å². The van der Waals surface area contributed by atoms with Crippen LogP contribution in [0.15, 0.2) is 0 Å². The SMILES string of the molecule is CN(C)CC1(C)CC(=O)CC(C)(C)C1. The fraction of sp³-hybridized carbons (Fsp3) is 0.917. The predicted octanol–water partition coefficient (Wildman–Crippen LogP) is 2.33. The number of rotatable bonds is 2. The highest BCUT2D eigenvalue weighted by molar-refractivity contribution is 5.80. The van der Waals surface area contributed by atoms with E-state index in [0.29, 0.717) is 5.78 Å². The van der Waals surface area contributed by atoms with Crippen molar-refractivity contribution in [3.8, 4) is 0 Å². The molecule has 0 saturated heterocycles. The molecule has 1 atom stereocenters. The maximum absolute atomic E-state index is 11.7. The molecule has 0 amide bonds. The van der Waals surface area contributed by atoms with Crippen molar-refractivity contribution in [3.05, 3.63) is 0 Å². The van der Waals surface area contributed by atoms with Crippen molar-refractivity contribution in [2.45, 2.75) is 40.0 Å². The number of hydrogen-bond donors (Lipinski definition) is 0. The number of ketones is 1. The zero-order valence-electron chi connectivity index (χ0n) is 10.2. The van der Waals surface area contributed by atoms with Crippen LogP contribution < -0.4 is 0 Å². The first kappa shape index (κ1) is 11.7. The number of carbonyl (C=O) groups is 1. The zero-order chi connectivity index (χ0) is 11.0. The average molecular weight is 197 g/mol. The van der Waals surface area contributed by atoms with Crippen LogP contribution in [-0.2, 0) is 4.79 Å². The monoisotopic (exact) mass is 197 g/mol. The molecule has 14 heavy (non-hydrogen) atoms. The fourth-order valence-electron chi connectivity index (χ4n) is 3.23. The van der Waals surface area contributed by atoms with Crippen molar-refractivity contribution in [2.75, 3.05) is 20.6 Å². The molecule has 0 aromatic rings. The van der Waals surface area contributed by atoms with Gasteiger partial charge in [0.25, 0.3) is 0 Å². The van der Waals surface area contributed by atoms with E-state index in [9.17, 15) is 4.79 Å². The summed E-state index contributed by atoms with van der Waals surface area (Å²) < 4.78 is 0. The van der Waals surface area contributed by atoms with E-state index < -0.39 is 0 Å². The van der Waals surface area contributed by atoms with Gasteiger partial charge in [0.15, 0.2) is 0 Å². The largest absolute Gasteiger partial charge is 0.309 e. The highest BCUT2D eigenvalue weighted by Crippen LogP contribution is 2.44. The highest BCUT2D eigenvalue weighted by atomic mass is 16.1. The van der Waals surface area contributed by atoms with E-state index in [1.807, 2.05) is 0 Å². The summed E-state index contributed by atoms with van der Waals surface area (Å²) in [7, 11) is 4.16. The quantitative estimate of drug-likeness (QED) is 0.677. The summed E-state index contributed by atoms with van der Waals surface area (Å²) in [5.41, 5.74) is 0.377. The number of carbonyl (C=O) groups excluding carboxylic acids is 1. The standard InChI is InChI=1S/C12H23NO/c1-11(2)6-10(14)7-12(3,8-11)9-13(4)5/h6-9H2,1-5H3. The summed E-state index contributed by atoms with van der Waals surface area (Å²) in [5.74, 6) is 0.436. The molecule has 0 N–H and O–H groups in total. The van der Waals surface area contributed by atoms with Crippen molar-refractivity contribution in [1.82, 2.24) is 4.90 Å². The molecule has 1 fully saturated rings. The van der Waals surface area contributed by atoms with E-state index in [1.54, 1.807) is 0 Å². The first-order chi connectivity index (χ1) is 6.22. The lowest BCUT2D eigenvalue weighted by Gasteiger charge is -2.43. The Bertz CT molecular complexity index is 232. The van der Waals surface area contributed by atoms with Crippen LogP contribution >= 0.6 is 0 Å². The van der Waals surface area contributed by atoms with Crippen molar-refractivity contribution in [1.29, 1.82) is 0 Å². The molecular weight excluding hydrogens is 174 g/mol. The first-order valence-corrected chi connectivity index (χ1v) is 5.39. The molecule has 1 aliphatic carbocycles. The van der Waals surface area contributed by atoms with Gasteiger partial charge in [-0.05, 0) is 31.3 Å². The fourth-order valence-corrected chi connectivity index (χ4v) is 3.23. The van der Waals surface area contributed by atoms with Crippen LogP contribution in [0.4, 0.5) is 0 Å². The lowest BCUT2D eigenvalue weighted by atomic mass is 9.64. The molecule has 2 heteroatoms. The second-order valence-electron chi connectivity index (χ2n) is 6.28. The predicted molar refractivity (Wildman–Crippen MR) is 59.3 cm³/mol. The van der Waals surface area contributed by atoms with E-state index in [2.05, 4.69) is 39.8 Å². The van der Waals surface area contributed by atoms with Crippen LogP contribution in [0.1, 0.15) is 40.0 Å². The van der Waals surface area contributed by atoms with E-state index in [-0.39, 0.29) is 10.8 Å². The summed E-state index contributed by atoms with van der Waals surface area (Å²) in [6.45, 7) is 7.67. The van der Waals surface area contributed by atoms with Crippen molar-refractivity contribution < 1.29 is 4.79 Å². The van der Waals surface area contributed by atoms with Crippen LogP contribution in [0, 0.1) is 10.8 Å².